The normalized spacial score (nSPS) is 40.3. The zero-order valence-electron chi connectivity index (χ0n) is 25.1. The van der Waals surface area contributed by atoms with E-state index in [0.29, 0.717) is 12.8 Å². The van der Waals surface area contributed by atoms with Crippen molar-refractivity contribution in [1.82, 2.24) is 10.1 Å². The molecule has 2 radical (unpaired) electrons. The Morgan fingerprint density at radius 1 is 0.694 bits per heavy atom. The van der Waals surface area contributed by atoms with Crippen LogP contribution < -0.4 is 0 Å². The molecule has 2 heterocycles. The maximum Gasteiger partial charge on any atom is 0.171 e. The summed E-state index contributed by atoms with van der Waals surface area (Å²) in [6.45, 7) is 19.8. The third kappa shape index (κ3) is 6.84. The fourth-order valence-corrected chi connectivity index (χ4v) is 6.50. The Kier molecular flexibility index (Phi) is 15.8. The minimum Gasteiger partial charge on any atom is -0.365 e. The van der Waals surface area contributed by atoms with Gasteiger partial charge in [-0.1, -0.05) is 41.5 Å². The summed E-state index contributed by atoms with van der Waals surface area (Å²) in [6, 6.07) is 0. The van der Waals surface area contributed by atoms with Gasteiger partial charge in [0.05, 0.1) is 11.1 Å². The first-order valence-electron chi connectivity index (χ1n) is 12.9. The Labute approximate surface area is 270 Å². The molecular weight excluding hydrogens is 614 g/mol. The summed E-state index contributed by atoms with van der Waals surface area (Å²) in [4.78, 5) is 0. The summed E-state index contributed by atoms with van der Waals surface area (Å²) in [5.74, 6) is -2.65. The molecule has 0 spiro atoms. The van der Waals surface area contributed by atoms with Crippen molar-refractivity contribution >= 4 is 0 Å². The van der Waals surface area contributed by atoms with Gasteiger partial charge >= 0.3 is 0 Å². The maximum atomic E-state index is 10.6. The SMILES string of the molecule is CCC1(C)CC(O)(OC)C(C)C(C)(CC)N1O.CCC1(CC)C(C)C(O)(OC)CC(C)(C)N1O.[Y].[Y]. The molecule has 210 valence electrons. The molecule has 2 aliphatic rings. The molecule has 0 aliphatic carbocycles. The molecule has 2 aliphatic heterocycles. The van der Waals surface area contributed by atoms with Gasteiger partial charge < -0.3 is 30.1 Å². The molecule has 2 saturated heterocycles. The fraction of sp³-hybridized carbons (Fsp3) is 1.00. The first kappa shape index (κ1) is 40.0. The van der Waals surface area contributed by atoms with Gasteiger partial charge in [0.2, 0.25) is 0 Å². The molecule has 0 aromatic rings. The number of hydrogen-bond acceptors (Lipinski definition) is 8. The van der Waals surface area contributed by atoms with Gasteiger partial charge in [-0.05, 0) is 53.4 Å². The Hall–Kier alpha value is 1.89. The van der Waals surface area contributed by atoms with Crippen LogP contribution in [0.5, 0.6) is 0 Å². The number of rotatable bonds is 6. The Morgan fingerprint density at radius 2 is 1.11 bits per heavy atom. The van der Waals surface area contributed by atoms with Crippen molar-refractivity contribution in [2.75, 3.05) is 14.2 Å². The minimum atomic E-state index is -1.17. The Morgan fingerprint density at radius 3 is 1.44 bits per heavy atom. The van der Waals surface area contributed by atoms with E-state index in [4.69, 9.17) is 9.47 Å². The van der Waals surface area contributed by atoms with Crippen LogP contribution in [0.25, 0.3) is 0 Å². The molecule has 4 N–H and O–H groups in total. The topological polar surface area (TPSA) is 106 Å². The molecule has 2 fully saturated rings. The van der Waals surface area contributed by atoms with Crippen LogP contribution in [0.3, 0.4) is 0 Å². The number of piperidine rings is 2. The van der Waals surface area contributed by atoms with Gasteiger partial charge in [0.1, 0.15) is 0 Å². The van der Waals surface area contributed by atoms with Crippen molar-refractivity contribution in [2.24, 2.45) is 11.8 Å². The summed E-state index contributed by atoms with van der Waals surface area (Å²) in [5.41, 5.74) is -1.87. The largest absolute Gasteiger partial charge is 0.365 e. The summed E-state index contributed by atoms with van der Waals surface area (Å²) in [6.07, 6.45) is 3.88. The maximum absolute atomic E-state index is 10.6. The van der Waals surface area contributed by atoms with Gasteiger partial charge in [0, 0.05) is 115 Å². The zero-order valence-corrected chi connectivity index (χ0v) is 30.7. The predicted molar refractivity (Wildman–Crippen MR) is 134 cm³/mol. The van der Waals surface area contributed by atoms with Crippen LogP contribution in [0.1, 0.15) is 108 Å². The molecule has 8 nitrogen and oxygen atoms in total. The standard InChI is InChI=1S/2C13H27NO3.2Y/c1-7-11(4)9-13(15,17-6)10(3)12(5,8-2)14(11)16;1-7-12(8-2)10(3)13(15,17-6)9-11(4,5)14(12)16;;/h2*10,15-16H,7-9H2,1-6H3;;. The van der Waals surface area contributed by atoms with Crippen molar-refractivity contribution < 1.29 is 95.5 Å². The van der Waals surface area contributed by atoms with Crippen LogP contribution in [-0.2, 0) is 74.9 Å². The smallest absolute Gasteiger partial charge is 0.171 e. The second-order valence-corrected chi connectivity index (χ2v) is 11.7. The first-order chi connectivity index (χ1) is 15.4. The quantitative estimate of drug-likeness (QED) is 0.300. The van der Waals surface area contributed by atoms with Crippen molar-refractivity contribution in [3.05, 3.63) is 0 Å². The number of aliphatic hydroxyl groups is 2. The molecule has 6 unspecified atom stereocenters. The van der Waals surface area contributed by atoms with E-state index < -0.39 is 33.7 Å². The van der Waals surface area contributed by atoms with Gasteiger partial charge in [0.25, 0.3) is 0 Å². The van der Waals surface area contributed by atoms with E-state index in [9.17, 15) is 20.6 Å². The molecule has 6 atom stereocenters. The van der Waals surface area contributed by atoms with Gasteiger partial charge in [-0.2, -0.15) is 10.1 Å². The van der Waals surface area contributed by atoms with Crippen molar-refractivity contribution in [3.63, 3.8) is 0 Å². The second kappa shape index (κ2) is 14.2. The van der Waals surface area contributed by atoms with Crippen molar-refractivity contribution in [2.45, 2.75) is 141 Å². The second-order valence-electron chi connectivity index (χ2n) is 11.7. The molecule has 0 aromatic carbocycles. The van der Waals surface area contributed by atoms with Crippen LogP contribution in [0, 0.1) is 11.8 Å². The van der Waals surface area contributed by atoms with Crippen LogP contribution in [-0.4, -0.2) is 78.7 Å². The van der Waals surface area contributed by atoms with E-state index >= 15 is 0 Å². The summed E-state index contributed by atoms with van der Waals surface area (Å²) >= 11 is 0. The average molecular weight is 669 g/mol. The van der Waals surface area contributed by atoms with Crippen molar-refractivity contribution in [3.8, 4) is 0 Å². The molecule has 2 rings (SSSR count). The average Bonchev–Trinajstić information content (AvgIpc) is 2.81. The Balaban J connectivity index is 0. The van der Waals surface area contributed by atoms with Gasteiger partial charge in [0.15, 0.2) is 11.6 Å². The van der Waals surface area contributed by atoms with E-state index in [-0.39, 0.29) is 77.3 Å². The Bertz CT molecular complexity index is 655. The van der Waals surface area contributed by atoms with E-state index in [0.717, 1.165) is 25.7 Å². The van der Waals surface area contributed by atoms with Crippen LogP contribution in [0.15, 0.2) is 0 Å². The molecule has 36 heavy (non-hydrogen) atoms. The van der Waals surface area contributed by atoms with E-state index in [2.05, 4.69) is 0 Å². The molecule has 0 bridgehead atoms. The number of hydroxylamine groups is 4. The summed E-state index contributed by atoms with van der Waals surface area (Å²) < 4.78 is 10.7. The molecule has 0 amide bonds. The van der Waals surface area contributed by atoms with E-state index in [1.54, 1.807) is 0 Å². The summed E-state index contributed by atoms with van der Waals surface area (Å²) in [5, 5.41) is 45.2. The van der Waals surface area contributed by atoms with Crippen LogP contribution in [0.4, 0.5) is 0 Å². The minimum absolute atomic E-state index is 0. The number of ether oxygens (including phenoxy) is 2. The number of hydrogen-bond donors (Lipinski definition) is 4. The number of methoxy groups -OCH3 is 2. The van der Waals surface area contributed by atoms with Crippen LogP contribution >= 0.6 is 0 Å². The third-order valence-electron chi connectivity index (χ3n) is 9.81. The van der Waals surface area contributed by atoms with Gasteiger partial charge in [-0.25, -0.2) is 0 Å². The molecule has 10 heteroatoms. The summed E-state index contributed by atoms with van der Waals surface area (Å²) in [7, 11) is 3.07. The molecule has 0 aromatic heterocycles. The monoisotopic (exact) mass is 668 g/mol. The number of nitrogens with zero attached hydrogens (tertiary/aromatic N) is 2. The molecule has 0 saturated carbocycles. The predicted octanol–water partition coefficient (Wildman–Crippen LogP) is 4.77. The fourth-order valence-electron chi connectivity index (χ4n) is 6.50. The first-order valence-corrected chi connectivity index (χ1v) is 12.9. The van der Waals surface area contributed by atoms with Gasteiger partial charge in [-0.15, -0.1) is 0 Å². The van der Waals surface area contributed by atoms with Crippen molar-refractivity contribution in [1.29, 1.82) is 0 Å². The zero-order chi connectivity index (χ0) is 27.0. The molecular formula is C26H54N2O6Y2. The van der Waals surface area contributed by atoms with Gasteiger partial charge in [-0.3, -0.25) is 0 Å². The van der Waals surface area contributed by atoms with Crippen LogP contribution in [0.2, 0.25) is 0 Å². The third-order valence-corrected chi connectivity index (χ3v) is 9.81. The van der Waals surface area contributed by atoms with E-state index in [1.807, 2.05) is 69.2 Å². The van der Waals surface area contributed by atoms with E-state index in [1.165, 1.54) is 24.3 Å².